The number of phenols is 1. The minimum Gasteiger partial charge on any atom is -0.507 e. The maximum Gasteiger partial charge on any atom is 0.257 e. The molecule has 0 saturated carbocycles. The van der Waals surface area contributed by atoms with Gasteiger partial charge >= 0.3 is 0 Å². The third-order valence-electron chi connectivity index (χ3n) is 4.39. The fourth-order valence-electron chi connectivity index (χ4n) is 2.92. The normalized spacial score (nSPS) is 14.5. The van der Waals surface area contributed by atoms with Gasteiger partial charge in [-0.3, -0.25) is 9.59 Å². The lowest BCUT2D eigenvalue weighted by atomic mass is 10.1. The van der Waals surface area contributed by atoms with Crippen LogP contribution in [0.2, 0.25) is 0 Å². The van der Waals surface area contributed by atoms with Crippen LogP contribution in [0.4, 0.5) is 5.69 Å². The number of anilines is 1. The molecule has 0 radical (unpaired) electrons. The number of ketones is 1. The van der Waals surface area contributed by atoms with E-state index in [0.717, 1.165) is 10.2 Å². The van der Waals surface area contributed by atoms with Crippen LogP contribution in [0.3, 0.4) is 0 Å². The molecule has 130 valence electrons. The van der Waals surface area contributed by atoms with Crippen molar-refractivity contribution in [2.75, 3.05) is 31.1 Å². The SMILES string of the molecule is CC(=O)c1ccc(N2CCN(C(=O)c3cc(Br)ccc3O)CC2)cc1. The minimum absolute atomic E-state index is 0.00421. The molecule has 0 atom stereocenters. The summed E-state index contributed by atoms with van der Waals surface area (Å²) in [4.78, 5) is 27.9. The van der Waals surface area contributed by atoms with E-state index in [0.29, 0.717) is 37.3 Å². The molecule has 1 saturated heterocycles. The second-order valence-electron chi connectivity index (χ2n) is 6.04. The van der Waals surface area contributed by atoms with Crippen molar-refractivity contribution in [3.63, 3.8) is 0 Å². The van der Waals surface area contributed by atoms with Crippen molar-refractivity contribution in [1.82, 2.24) is 4.90 Å². The molecule has 0 aliphatic carbocycles. The zero-order chi connectivity index (χ0) is 18.0. The Hall–Kier alpha value is -2.34. The van der Waals surface area contributed by atoms with Gasteiger partial charge in [-0.2, -0.15) is 0 Å². The van der Waals surface area contributed by atoms with E-state index in [4.69, 9.17) is 0 Å². The fraction of sp³-hybridized carbons (Fsp3) is 0.263. The molecule has 1 aliphatic rings. The van der Waals surface area contributed by atoms with Crippen LogP contribution in [0.5, 0.6) is 5.75 Å². The number of Topliss-reactive ketones (excluding diaryl/α,β-unsaturated/α-hetero) is 1. The molecule has 2 aromatic carbocycles. The molecule has 0 spiro atoms. The van der Waals surface area contributed by atoms with Gasteiger partial charge in [0.25, 0.3) is 5.91 Å². The van der Waals surface area contributed by atoms with Crippen molar-refractivity contribution in [3.05, 3.63) is 58.1 Å². The summed E-state index contributed by atoms with van der Waals surface area (Å²) in [7, 11) is 0. The Bertz CT molecular complexity index is 797. The Kier molecular flexibility index (Phi) is 5.08. The number of carbonyl (C=O) groups excluding carboxylic acids is 2. The second-order valence-corrected chi connectivity index (χ2v) is 6.96. The number of carbonyl (C=O) groups is 2. The van der Waals surface area contributed by atoms with Gasteiger partial charge in [-0.25, -0.2) is 0 Å². The Balaban J connectivity index is 1.66. The summed E-state index contributed by atoms with van der Waals surface area (Å²) in [6, 6.07) is 12.4. The van der Waals surface area contributed by atoms with Crippen molar-refractivity contribution >= 4 is 33.3 Å². The molecule has 1 amide bonds. The quantitative estimate of drug-likeness (QED) is 0.799. The molecule has 1 fully saturated rings. The average Bonchev–Trinajstić information content (AvgIpc) is 2.63. The smallest absolute Gasteiger partial charge is 0.257 e. The zero-order valence-corrected chi connectivity index (χ0v) is 15.5. The molecule has 0 aromatic heterocycles. The topological polar surface area (TPSA) is 60.9 Å². The number of phenolic OH excluding ortho intramolecular Hbond substituents is 1. The highest BCUT2D eigenvalue weighted by molar-refractivity contribution is 9.10. The van der Waals surface area contributed by atoms with Gasteiger partial charge in [0.2, 0.25) is 0 Å². The van der Waals surface area contributed by atoms with Crippen LogP contribution in [-0.2, 0) is 0 Å². The molecule has 3 rings (SSSR count). The Morgan fingerprint density at radius 1 is 1.00 bits per heavy atom. The van der Waals surface area contributed by atoms with Crippen LogP contribution in [0.1, 0.15) is 27.6 Å². The number of hydrogen-bond donors (Lipinski definition) is 1. The maximum atomic E-state index is 12.6. The number of rotatable bonds is 3. The molecule has 0 bridgehead atoms. The van der Waals surface area contributed by atoms with Crippen molar-refractivity contribution < 1.29 is 14.7 Å². The highest BCUT2D eigenvalue weighted by atomic mass is 79.9. The highest BCUT2D eigenvalue weighted by Crippen LogP contribution is 2.24. The van der Waals surface area contributed by atoms with Crippen LogP contribution < -0.4 is 4.90 Å². The van der Waals surface area contributed by atoms with Crippen LogP contribution in [-0.4, -0.2) is 47.9 Å². The number of amides is 1. The largest absolute Gasteiger partial charge is 0.507 e. The van der Waals surface area contributed by atoms with E-state index in [9.17, 15) is 14.7 Å². The number of halogens is 1. The highest BCUT2D eigenvalue weighted by Gasteiger charge is 2.24. The summed E-state index contributed by atoms with van der Waals surface area (Å²) in [5, 5.41) is 9.93. The molecular formula is C19H19BrN2O3. The zero-order valence-electron chi connectivity index (χ0n) is 13.9. The van der Waals surface area contributed by atoms with Crippen LogP contribution >= 0.6 is 15.9 Å². The molecular weight excluding hydrogens is 384 g/mol. The third-order valence-corrected chi connectivity index (χ3v) is 4.89. The summed E-state index contributed by atoms with van der Waals surface area (Å²) in [5.41, 5.74) is 2.05. The van der Waals surface area contributed by atoms with Crippen LogP contribution in [0, 0.1) is 0 Å². The van der Waals surface area contributed by atoms with Crippen LogP contribution in [0.15, 0.2) is 46.9 Å². The lowest BCUT2D eigenvalue weighted by molar-refractivity contribution is 0.0743. The fourth-order valence-corrected chi connectivity index (χ4v) is 3.29. The van der Waals surface area contributed by atoms with Gasteiger partial charge in [-0.1, -0.05) is 15.9 Å². The number of aromatic hydroxyl groups is 1. The predicted octanol–water partition coefficient (Wildman–Crippen LogP) is 3.32. The number of nitrogens with zero attached hydrogens (tertiary/aromatic N) is 2. The van der Waals surface area contributed by atoms with Crippen molar-refractivity contribution in [2.45, 2.75) is 6.92 Å². The van der Waals surface area contributed by atoms with Crippen LogP contribution in [0.25, 0.3) is 0 Å². The van der Waals surface area contributed by atoms with Gasteiger partial charge in [0.1, 0.15) is 5.75 Å². The molecule has 25 heavy (non-hydrogen) atoms. The summed E-state index contributed by atoms with van der Waals surface area (Å²) >= 11 is 3.33. The molecule has 6 heteroatoms. The Labute approximate surface area is 155 Å². The van der Waals surface area contributed by atoms with Crippen molar-refractivity contribution in [3.8, 4) is 5.75 Å². The summed E-state index contributed by atoms with van der Waals surface area (Å²) in [5.74, 6) is -0.114. The lowest BCUT2D eigenvalue weighted by Gasteiger charge is -2.36. The maximum absolute atomic E-state index is 12.6. The van der Waals surface area contributed by atoms with E-state index >= 15 is 0 Å². The molecule has 0 unspecified atom stereocenters. The number of piperazine rings is 1. The van der Waals surface area contributed by atoms with E-state index in [-0.39, 0.29) is 17.4 Å². The molecule has 2 aromatic rings. The van der Waals surface area contributed by atoms with Gasteiger partial charge in [-0.15, -0.1) is 0 Å². The first-order valence-corrected chi connectivity index (χ1v) is 8.89. The van der Waals surface area contributed by atoms with Gasteiger partial charge in [-0.05, 0) is 49.4 Å². The molecule has 1 aliphatic heterocycles. The second kappa shape index (κ2) is 7.27. The average molecular weight is 403 g/mol. The van der Waals surface area contributed by atoms with Gasteiger partial charge in [0, 0.05) is 41.9 Å². The molecule has 1 heterocycles. The van der Waals surface area contributed by atoms with E-state index < -0.39 is 0 Å². The summed E-state index contributed by atoms with van der Waals surface area (Å²) in [6.07, 6.45) is 0. The minimum atomic E-state index is -0.162. The van der Waals surface area contributed by atoms with E-state index in [1.54, 1.807) is 24.0 Å². The Morgan fingerprint density at radius 2 is 1.64 bits per heavy atom. The first kappa shape index (κ1) is 17.5. The summed E-state index contributed by atoms with van der Waals surface area (Å²) in [6.45, 7) is 4.13. The van der Waals surface area contributed by atoms with Crippen molar-refractivity contribution in [1.29, 1.82) is 0 Å². The molecule has 1 N–H and O–H groups in total. The van der Waals surface area contributed by atoms with E-state index in [1.165, 1.54) is 6.07 Å². The standard InChI is InChI=1S/C19H19BrN2O3/c1-13(23)14-2-5-16(6-3-14)21-8-10-22(11-9-21)19(25)17-12-15(20)4-7-18(17)24/h2-7,12,24H,8-11H2,1H3. The van der Waals surface area contributed by atoms with Crippen molar-refractivity contribution in [2.24, 2.45) is 0 Å². The first-order valence-electron chi connectivity index (χ1n) is 8.09. The lowest BCUT2D eigenvalue weighted by Crippen LogP contribution is -2.48. The molecule has 5 nitrogen and oxygen atoms in total. The number of benzene rings is 2. The monoisotopic (exact) mass is 402 g/mol. The van der Waals surface area contributed by atoms with E-state index in [1.807, 2.05) is 24.3 Å². The third kappa shape index (κ3) is 3.85. The van der Waals surface area contributed by atoms with Gasteiger partial charge in [0.15, 0.2) is 5.78 Å². The van der Waals surface area contributed by atoms with Gasteiger partial charge < -0.3 is 14.9 Å². The van der Waals surface area contributed by atoms with E-state index in [2.05, 4.69) is 20.8 Å². The number of hydrogen-bond acceptors (Lipinski definition) is 4. The Morgan fingerprint density at radius 3 is 2.24 bits per heavy atom. The predicted molar refractivity (Wildman–Crippen MR) is 100 cm³/mol. The summed E-state index contributed by atoms with van der Waals surface area (Å²) < 4.78 is 0.762. The van der Waals surface area contributed by atoms with Gasteiger partial charge in [0.05, 0.1) is 5.56 Å². The first-order chi connectivity index (χ1) is 12.0.